The molecule has 0 saturated heterocycles. The van der Waals surface area contributed by atoms with Crippen molar-refractivity contribution in [2.75, 3.05) is 13.2 Å². The van der Waals surface area contributed by atoms with Gasteiger partial charge < -0.3 is 9.47 Å². The summed E-state index contributed by atoms with van der Waals surface area (Å²) in [5.41, 5.74) is 1.18. The summed E-state index contributed by atoms with van der Waals surface area (Å²) in [7, 11) is 0. The van der Waals surface area contributed by atoms with Crippen LogP contribution in [0, 0.1) is 23.7 Å². The van der Waals surface area contributed by atoms with E-state index in [1.807, 2.05) is 18.2 Å². The van der Waals surface area contributed by atoms with Gasteiger partial charge in [-0.25, -0.2) is 0 Å². The fraction of sp³-hybridized carbons (Fsp3) is 0.733. The molecule has 4 nitrogen and oxygen atoms in total. The fourth-order valence-corrected chi connectivity index (χ4v) is 4.30. The third-order valence-corrected chi connectivity index (χ3v) is 6.48. The van der Waals surface area contributed by atoms with E-state index in [-0.39, 0.29) is 24.3 Å². The molecule has 2 atom stereocenters. The number of ether oxygens (including phenoxy) is 2. The molecule has 0 saturated carbocycles. The number of hydrogen-bond donors (Lipinski definition) is 0. The van der Waals surface area contributed by atoms with Crippen LogP contribution in [-0.2, 0) is 25.5 Å². The lowest BCUT2D eigenvalue weighted by molar-refractivity contribution is -0.157. The highest BCUT2D eigenvalue weighted by Crippen LogP contribution is 2.26. The summed E-state index contributed by atoms with van der Waals surface area (Å²) < 4.78 is 11.2. The third kappa shape index (κ3) is 14.4. The van der Waals surface area contributed by atoms with Crippen molar-refractivity contribution in [2.45, 2.75) is 105 Å². The Morgan fingerprint density at radius 3 is 1.85 bits per heavy atom. The van der Waals surface area contributed by atoms with E-state index in [0.717, 1.165) is 51.4 Å². The second-order valence-electron chi connectivity index (χ2n) is 10.5. The summed E-state index contributed by atoms with van der Waals surface area (Å²) in [6.07, 6.45) is 10.3. The molecule has 0 aliphatic rings. The Balaban J connectivity index is 2.61. The first kappa shape index (κ1) is 30.2. The second-order valence-corrected chi connectivity index (χ2v) is 10.5. The smallest absolute Gasteiger partial charge is 0.309 e. The molecule has 0 bridgehead atoms. The highest BCUT2D eigenvalue weighted by molar-refractivity contribution is 5.80. The van der Waals surface area contributed by atoms with Gasteiger partial charge >= 0.3 is 11.9 Å². The normalized spacial score (nSPS) is 13.1. The van der Waals surface area contributed by atoms with Gasteiger partial charge in [0.25, 0.3) is 0 Å². The third-order valence-electron chi connectivity index (χ3n) is 6.48. The Labute approximate surface area is 209 Å². The zero-order valence-corrected chi connectivity index (χ0v) is 22.5. The lowest BCUT2D eigenvalue weighted by Crippen LogP contribution is -2.30. The first-order valence-corrected chi connectivity index (χ1v) is 13.7. The highest BCUT2D eigenvalue weighted by Gasteiger charge is 2.31. The van der Waals surface area contributed by atoms with Crippen LogP contribution < -0.4 is 0 Å². The van der Waals surface area contributed by atoms with E-state index >= 15 is 0 Å². The molecular formula is C30H50O4. The minimum absolute atomic E-state index is 0.0504. The quantitative estimate of drug-likeness (QED) is 0.152. The number of carbonyl (C=O) groups excluding carboxylic acids is 2. The Hall–Kier alpha value is -1.84. The van der Waals surface area contributed by atoms with E-state index in [1.165, 1.54) is 18.4 Å². The predicted molar refractivity (Wildman–Crippen MR) is 141 cm³/mol. The van der Waals surface area contributed by atoms with Crippen LogP contribution in [-0.4, -0.2) is 25.2 Å². The Kier molecular flexibility index (Phi) is 16.4. The van der Waals surface area contributed by atoms with Crippen LogP contribution in [0.3, 0.4) is 0 Å². The monoisotopic (exact) mass is 474 g/mol. The number of hydrogen-bond acceptors (Lipinski definition) is 4. The zero-order chi connectivity index (χ0) is 25.2. The second kappa shape index (κ2) is 18.5. The van der Waals surface area contributed by atoms with Gasteiger partial charge in [0.2, 0.25) is 0 Å². The van der Waals surface area contributed by atoms with Gasteiger partial charge in [-0.3, -0.25) is 9.59 Å². The van der Waals surface area contributed by atoms with Crippen molar-refractivity contribution in [2.24, 2.45) is 23.7 Å². The van der Waals surface area contributed by atoms with Crippen molar-refractivity contribution in [3.63, 3.8) is 0 Å². The molecule has 0 amide bonds. The Morgan fingerprint density at radius 1 is 0.765 bits per heavy atom. The van der Waals surface area contributed by atoms with Crippen molar-refractivity contribution >= 4 is 11.9 Å². The SMILES string of the molecule is CCC(Cc1ccccc1)C(CC(=O)OCCCCCC(C)C)C(=O)OCCCCCC(C)C. The van der Waals surface area contributed by atoms with Gasteiger partial charge in [-0.1, -0.05) is 110 Å². The number of benzene rings is 1. The zero-order valence-electron chi connectivity index (χ0n) is 22.5. The molecule has 0 spiro atoms. The van der Waals surface area contributed by atoms with Crippen molar-refractivity contribution in [3.8, 4) is 0 Å². The lowest BCUT2D eigenvalue weighted by Gasteiger charge is -2.24. The molecule has 0 aliphatic carbocycles. The summed E-state index contributed by atoms with van der Waals surface area (Å²) in [5, 5.41) is 0. The molecular weight excluding hydrogens is 424 g/mol. The topological polar surface area (TPSA) is 52.6 Å². The summed E-state index contributed by atoms with van der Waals surface area (Å²) in [6.45, 7) is 11.9. The maximum atomic E-state index is 13.1. The van der Waals surface area contributed by atoms with E-state index in [9.17, 15) is 9.59 Å². The predicted octanol–water partition coefficient (Wildman–Crippen LogP) is 7.78. The van der Waals surface area contributed by atoms with E-state index in [0.29, 0.717) is 25.0 Å². The lowest BCUT2D eigenvalue weighted by atomic mass is 9.83. The Morgan fingerprint density at radius 2 is 1.32 bits per heavy atom. The van der Waals surface area contributed by atoms with Gasteiger partial charge in [0.1, 0.15) is 0 Å². The first-order chi connectivity index (χ1) is 16.3. The minimum Gasteiger partial charge on any atom is -0.466 e. The van der Waals surface area contributed by atoms with Crippen molar-refractivity contribution in [3.05, 3.63) is 35.9 Å². The summed E-state index contributed by atoms with van der Waals surface area (Å²) in [6, 6.07) is 10.2. The molecule has 194 valence electrons. The fourth-order valence-electron chi connectivity index (χ4n) is 4.30. The average Bonchev–Trinajstić information content (AvgIpc) is 2.80. The summed E-state index contributed by atoms with van der Waals surface area (Å²) >= 11 is 0. The van der Waals surface area contributed by atoms with Gasteiger partial charge in [-0.05, 0) is 42.6 Å². The van der Waals surface area contributed by atoms with Crippen LogP contribution in [0.15, 0.2) is 30.3 Å². The van der Waals surface area contributed by atoms with Crippen LogP contribution in [0.5, 0.6) is 0 Å². The standard InChI is InChI=1S/C30H50O4/c1-6-27(22-26-18-12-7-13-19-26)28(30(32)34-21-15-9-11-17-25(4)5)23-29(31)33-20-14-8-10-16-24(2)3/h7,12-13,18-19,24-25,27-28H,6,8-11,14-17,20-23H2,1-5H3. The van der Waals surface area contributed by atoms with E-state index < -0.39 is 5.92 Å². The number of rotatable bonds is 19. The average molecular weight is 475 g/mol. The van der Waals surface area contributed by atoms with Crippen LogP contribution in [0.2, 0.25) is 0 Å². The maximum Gasteiger partial charge on any atom is 0.309 e. The molecule has 0 fully saturated rings. The molecule has 2 unspecified atom stereocenters. The van der Waals surface area contributed by atoms with Gasteiger partial charge in [-0.2, -0.15) is 0 Å². The molecule has 4 heteroatoms. The van der Waals surface area contributed by atoms with Gasteiger partial charge in [0, 0.05) is 0 Å². The molecule has 0 radical (unpaired) electrons. The first-order valence-electron chi connectivity index (χ1n) is 13.7. The van der Waals surface area contributed by atoms with Crippen molar-refractivity contribution < 1.29 is 19.1 Å². The van der Waals surface area contributed by atoms with E-state index in [1.54, 1.807) is 0 Å². The number of carbonyl (C=O) groups is 2. The van der Waals surface area contributed by atoms with Gasteiger partial charge in [-0.15, -0.1) is 0 Å². The molecule has 1 aromatic rings. The number of unbranched alkanes of at least 4 members (excludes halogenated alkanes) is 4. The van der Waals surface area contributed by atoms with E-state index in [4.69, 9.17) is 9.47 Å². The largest absolute Gasteiger partial charge is 0.466 e. The van der Waals surface area contributed by atoms with Crippen molar-refractivity contribution in [1.29, 1.82) is 0 Å². The van der Waals surface area contributed by atoms with Crippen LogP contribution in [0.1, 0.15) is 104 Å². The van der Waals surface area contributed by atoms with Gasteiger partial charge in [0.05, 0.1) is 25.6 Å². The Bertz CT molecular complexity index is 653. The molecule has 0 aliphatic heterocycles. The van der Waals surface area contributed by atoms with Gasteiger partial charge in [0.15, 0.2) is 0 Å². The molecule has 1 aromatic carbocycles. The molecule has 34 heavy (non-hydrogen) atoms. The number of esters is 2. The summed E-state index contributed by atoms with van der Waals surface area (Å²) in [5.74, 6) is 0.468. The molecule has 0 aromatic heterocycles. The van der Waals surface area contributed by atoms with Crippen LogP contribution in [0.4, 0.5) is 0 Å². The van der Waals surface area contributed by atoms with E-state index in [2.05, 4.69) is 46.8 Å². The van der Waals surface area contributed by atoms with Crippen molar-refractivity contribution in [1.82, 2.24) is 0 Å². The molecule has 0 N–H and O–H groups in total. The summed E-state index contributed by atoms with van der Waals surface area (Å²) in [4.78, 5) is 25.7. The molecule has 0 heterocycles. The van der Waals surface area contributed by atoms with Crippen LogP contribution in [0.25, 0.3) is 0 Å². The minimum atomic E-state index is -0.464. The maximum absolute atomic E-state index is 13.1. The molecule has 1 rings (SSSR count). The van der Waals surface area contributed by atoms with Crippen LogP contribution >= 0.6 is 0 Å². The highest BCUT2D eigenvalue weighted by atomic mass is 16.5.